The lowest BCUT2D eigenvalue weighted by Crippen LogP contribution is -2.43. The van der Waals surface area contributed by atoms with Gasteiger partial charge >= 0.3 is 5.97 Å². The zero-order valence-electron chi connectivity index (χ0n) is 16.5. The summed E-state index contributed by atoms with van der Waals surface area (Å²) in [6.07, 6.45) is 2.56. The summed E-state index contributed by atoms with van der Waals surface area (Å²) in [5, 5.41) is 0. The third kappa shape index (κ3) is 5.93. The Kier molecular flexibility index (Phi) is 7.13. The van der Waals surface area contributed by atoms with Crippen molar-refractivity contribution in [1.29, 1.82) is 0 Å². The lowest BCUT2D eigenvalue weighted by Gasteiger charge is -2.26. The van der Waals surface area contributed by atoms with Crippen molar-refractivity contribution >= 4 is 21.7 Å². The van der Waals surface area contributed by atoms with E-state index in [-0.39, 0.29) is 29.6 Å². The number of likely N-dealkylation sites (N-methyl/N-ethyl adjacent to an activating group) is 1. The molecule has 0 unspecified atom stereocenters. The van der Waals surface area contributed by atoms with Crippen molar-refractivity contribution in [2.75, 3.05) is 37.9 Å². The van der Waals surface area contributed by atoms with E-state index in [1.807, 2.05) is 0 Å². The number of nitrogens with zero attached hydrogens (tertiary/aromatic N) is 1. The molecule has 0 aromatic heterocycles. The number of carbonyl (C=O) groups excluding carboxylic acids is 2. The van der Waals surface area contributed by atoms with Crippen molar-refractivity contribution in [2.24, 2.45) is 0 Å². The molecule has 29 heavy (non-hydrogen) atoms. The molecule has 0 radical (unpaired) electrons. The van der Waals surface area contributed by atoms with E-state index in [9.17, 15) is 18.0 Å². The summed E-state index contributed by atoms with van der Waals surface area (Å²) < 4.78 is 39.6. The van der Waals surface area contributed by atoms with Gasteiger partial charge in [-0.2, -0.15) is 0 Å². The highest BCUT2D eigenvalue weighted by Crippen LogP contribution is 2.19. The monoisotopic (exact) mass is 425 g/mol. The van der Waals surface area contributed by atoms with E-state index in [1.165, 1.54) is 4.90 Å². The predicted molar refractivity (Wildman–Crippen MR) is 106 cm³/mol. The van der Waals surface area contributed by atoms with Crippen LogP contribution in [0.2, 0.25) is 0 Å². The molecule has 2 aliphatic heterocycles. The Labute approximate surface area is 171 Å². The number of hydrogen-bond acceptors (Lipinski definition) is 7. The van der Waals surface area contributed by atoms with E-state index in [1.54, 1.807) is 31.2 Å². The van der Waals surface area contributed by atoms with Crippen LogP contribution < -0.4 is 4.74 Å². The molecule has 9 heteroatoms. The first-order valence-electron chi connectivity index (χ1n) is 9.89. The van der Waals surface area contributed by atoms with E-state index < -0.39 is 22.4 Å². The van der Waals surface area contributed by atoms with Gasteiger partial charge in [0.25, 0.3) is 5.91 Å². The molecule has 0 bridgehead atoms. The summed E-state index contributed by atoms with van der Waals surface area (Å²) in [4.78, 5) is 26.1. The standard InChI is InChI=1S/C20H27NO7S/c1-2-21(16-9-11-29(24,25)14-16)19(22)13-28-20(23)15-5-7-17(8-6-15)27-12-18-4-3-10-26-18/h5-8,16,18H,2-4,9-14H2,1H3/t16-,18+/m1/s1. The summed E-state index contributed by atoms with van der Waals surface area (Å²) in [6, 6.07) is 6.17. The molecular weight excluding hydrogens is 398 g/mol. The molecule has 1 aromatic rings. The maximum absolute atomic E-state index is 12.4. The van der Waals surface area contributed by atoms with E-state index >= 15 is 0 Å². The maximum Gasteiger partial charge on any atom is 0.338 e. The molecule has 2 aliphatic rings. The Morgan fingerprint density at radius 3 is 2.55 bits per heavy atom. The maximum atomic E-state index is 12.4. The number of amides is 1. The highest BCUT2D eigenvalue weighted by atomic mass is 32.2. The smallest absolute Gasteiger partial charge is 0.338 e. The molecule has 2 saturated heterocycles. The van der Waals surface area contributed by atoms with Gasteiger partial charge in [0, 0.05) is 19.2 Å². The second-order valence-electron chi connectivity index (χ2n) is 7.28. The number of esters is 1. The molecule has 1 aromatic carbocycles. The first-order valence-corrected chi connectivity index (χ1v) is 11.7. The number of hydrogen-bond donors (Lipinski definition) is 0. The molecule has 160 valence electrons. The fraction of sp³-hybridized carbons (Fsp3) is 0.600. The van der Waals surface area contributed by atoms with Crippen molar-refractivity contribution < 1.29 is 32.2 Å². The van der Waals surface area contributed by atoms with Gasteiger partial charge in [0.1, 0.15) is 12.4 Å². The van der Waals surface area contributed by atoms with Crippen LogP contribution in [0.1, 0.15) is 36.5 Å². The van der Waals surface area contributed by atoms with Gasteiger partial charge in [-0.1, -0.05) is 0 Å². The van der Waals surface area contributed by atoms with Crippen LogP contribution in [-0.4, -0.2) is 75.2 Å². The number of carbonyl (C=O) groups is 2. The van der Waals surface area contributed by atoms with Crippen molar-refractivity contribution in [3.8, 4) is 5.75 Å². The second-order valence-corrected chi connectivity index (χ2v) is 9.51. The van der Waals surface area contributed by atoms with Gasteiger partial charge in [0.15, 0.2) is 16.4 Å². The van der Waals surface area contributed by atoms with Crippen LogP contribution in [-0.2, 0) is 24.1 Å². The normalized spacial score (nSPS) is 22.9. The highest BCUT2D eigenvalue weighted by molar-refractivity contribution is 7.91. The minimum absolute atomic E-state index is 0.0338. The average Bonchev–Trinajstić information content (AvgIpc) is 3.35. The Morgan fingerprint density at radius 2 is 1.97 bits per heavy atom. The van der Waals surface area contributed by atoms with Crippen LogP contribution in [0, 0.1) is 0 Å². The highest BCUT2D eigenvalue weighted by Gasteiger charge is 2.34. The van der Waals surface area contributed by atoms with Crippen LogP contribution in [0.3, 0.4) is 0 Å². The van der Waals surface area contributed by atoms with Crippen molar-refractivity contribution in [3.63, 3.8) is 0 Å². The van der Waals surface area contributed by atoms with E-state index in [4.69, 9.17) is 14.2 Å². The summed E-state index contributed by atoms with van der Waals surface area (Å²) in [5.41, 5.74) is 0.314. The minimum atomic E-state index is -3.09. The minimum Gasteiger partial charge on any atom is -0.491 e. The molecule has 1 amide bonds. The second kappa shape index (κ2) is 9.58. The molecule has 2 heterocycles. The van der Waals surface area contributed by atoms with Crippen molar-refractivity contribution in [3.05, 3.63) is 29.8 Å². The zero-order valence-corrected chi connectivity index (χ0v) is 17.4. The molecule has 2 fully saturated rings. The molecule has 2 atom stereocenters. The lowest BCUT2D eigenvalue weighted by atomic mass is 10.2. The third-order valence-corrected chi connectivity index (χ3v) is 6.94. The third-order valence-electron chi connectivity index (χ3n) is 5.19. The molecular formula is C20H27NO7S. The molecule has 3 rings (SSSR count). The summed E-state index contributed by atoms with van der Waals surface area (Å²) in [7, 11) is -3.09. The van der Waals surface area contributed by atoms with Crippen LogP contribution >= 0.6 is 0 Å². The summed E-state index contributed by atoms with van der Waals surface area (Å²) >= 11 is 0. The van der Waals surface area contributed by atoms with Crippen LogP contribution in [0.25, 0.3) is 0 Å². The zero-order chi connectivity index (χ0) is 20.9. The van der Waals surface area contributed by atoms with Gasteiger partial charge in [0.2, 0.25) is 0 Å². The van der Waals surface area contributed by atoms with Crippen LogP contribution in [0.15, 0.2) is 24.3 Å². The van der Waals surface area contributed by atoms with Gasteiger partial charge < -0.3 is 19.1 Å². The Hall–Kier alpha value is -2.13. The summed E-state index contributed by atoms with van der Waals surface area (Å²) in [6.45, 7) is 2.97. The lowest BCUT2D eigenvalue weighted by molar-refractivity contribution is -0.136. The van der Waals surface area contributed by atoms with Gasteiger partial charge in [-0.25, -0.2) is 13.2 Å². The predicted octanol–water partition coefficient (Wildman–Crippen LogP) is 1.44. The Bertz CT molecular complexity index is 816. The van der Waals surface area contributed by atoms with E-state index in [2.05, 4.69) is 0 Å². The van der Waals surface area contributed by atoms with Gasteiger partial charge in [-0.3, -0.25) is 4.79 Å². The molecule has 0 saturated carbocycles. The van der Waals surface area contributed by atoms with Crippen LogP contribution in [0.4, 0.5) is 0 Å². The molecule has 0 spiro atoms. The first kappa shape index (κ1) is 21.6. The fourth-order valence-electron chi connectivity index (χ4n) is 3.61. The van der Waals surface area contributed by atoms with Gasteiger partial charge in [-0.05, 0) is 50.5 Å². The topological polar surface area (TPSA) is 99.2 Å². The fourth-order valence-corrected chi connectivity index (χ4v) is 5.34. The van der Waals surface area contributed by atoms with Gasteiger partial charge in [0.05, 0.1) is 23.2 Å². The van der Waals surface area contributed by atoms with E-state index in [0.717, 1.165) is 19.4 Å². The molecule has 0 N–H and O–H groups in total. The number of rotatable bonds is 8. The molecule has 8 nitrogen and oxygen atoms in total. The SMILES string of the molecule is CCN(C(=O)COC(=O)c1ccc(OC[C@@H]2CCCO2)cc1)[C@@H]1CCS(=O)(=O)C1. The van der Waals surface area contributed by atoms with Gasteiger partial charge in [-0.15, -0.1) is 0 Å². The quantitative estimate of drug-likeness (QED) is 0.581. The van der Waals surface area contributed by atoms with E-state index in [0.29, 0.717) is 30.9 Å². The van der Waals surface area contributed by atoms with Crippen molar-refractivity contribution in [2.45, 2.75) is 38.3 Å². The number of ether oxygens (including phenoxy) is 3. The Balaban J connectivity index is 1.47. The largest absolute Gasteiger partial charge is 0.491 e. The van der Waals surface area contributed by atoms with Crippen LogP contribution in [0.5, 0.6) is 5.75 Å². The number of benzene rings is 1. The average molecular weight is 426 g/mol. The summed E-state index contributed by atoms with van der Waals surface area (Å²) in [5.74, 6) is -0.317. The number of sulfone groups is 1. The Morgan fingerprint density at radius 1 is 1.21 bits per heavy atom. The molecule has 0 aliphatic carbocycles. The van der Waals surface area contributed by atoms with Crippen molar-refractivity contribution in [1.82, 2.24) is 4.90 Å². The first-order chi connectivity index (χ1) is 13.9.